The van der Waals surface area contributed by atoms with Gasteiger partial charge in [0, 0.05) is 10.9 Å². The van der Waals surface area contributed by atoms with E-state index >= 15 is 0 Å². The molecule has 4 aromatic rings. The Kier molecular flexibility index (Phi) is 5.38. The fraction of sp³-hybridized carbons (Fsp3) is 0.0952. The Bertz CT molecular complexity index is 1270. The maximum absolute atomic E-state index is 13.1. The number of rotatable bonds is 2. The Morgan fingerprint density at radius 3 is 2.63 bits per heavy atom. The van der Waals surface area contributed by atoms with Gasteiger partial charge in [0.1, 0.15) is 6.42 Å². The van der Waals surface area contributed by atoms with Crippen LogP contribution in [0.3, 0.4) is 0 Å². The molecule has 3 aromatic carbocycles. The first kappa shape index (κ1) is 20.2. The molecule has 1 aliphatic heterocycles. The summed E-state index contributed by atoms with van der Waals surface area (Å²) >= 11 is 0. The number of nitrogens with one attached hydrogen (secondary N) is 2. The Balaban J connectivity index is 0.00000218. The molecule has 1 aromatic heterocycles. The molecule has 144 valence electrons. The van der Waals surface area contributed by atoms with E-state index in [1.165, 1.54) is 0 Å². The zero-order chi connectivity index (χ0) is 20.0. The molecule has 0 saturated carbocycles. The van der Waals surface area contributed by atoms with Crippen molar-refractivity contribution in [3.63, 3.8) is 0 Å². The second-order valence-corrected chi connectivity index (χ2v) is 6.89. The van der Waals surface area contributed by atoms with Gasteiger partial charge in [-0.1, -0.05) is 42.5 Å². The molecular formula is C21H17N6NaO2. The quantitative estimate of drug-likeness (QED) is 0.392. The molecule has 2 heterocycles. The summed E-state index contributed by atoms with van der Waals surface area (Å²) < 4.78 is 0. The minimum atomic E-state index is -0.330. The third-order valence-corrected chi connectivity index (χ3v) is 5.04. The summed E-state index contributed by atoms with van der Waals surface area (Å²) in [5.74, 6) is -0.128. The first-order valence-corrected chi connectivity index (χ1v) is 9.11. The normalized spacial score (nSPS) is 13.4. The number of anilines is 3. The number of hydrogen-bond acceptors (Lipinski definition) is 5. The van der Waals surface area contributed by atoms with E-state index in [1.54, 1.807) is 4.90 Å². The number of carbonyl (C=O) groups is 2. The molecule has 2 amide bonds. The first-order chi connectivity index (χ1) is 14.1. The number of hydrogen-bond donors (Lipinski definition) is 2. The van der Waals surface area contributed by atoms with Crippen LogP contribution in [0.4, 0.5) is 17.1 Å². The molecule has 1 aliphatic rings. The van der Waals surface area contributed by atoms with Gasteiger partial charge in [-0.2, -0.15) is 0 Å². The monoisotopic (exact) mass is 408 g/mol. The third kappa shape index (κ3) is 3.39. The van der Waals surface area contributed by atoms with E-state index in [2.05, 4.69) is 25.9 Å². The Morgan fingerprint density at radius 2 is 1.83 bits per heavy atom. The number of H-pyrrole nitrogens is 1. The molecular weight excluding hydrogens is 391 g/mol. The zero-order valence-corrected chi connectivity index (χ0v) is 15.5. The van der Waals surface area contributed by atoms with Gasteiger partial charge in [-0.15, -0.1) is 5.10 Å². The van der Waals surface area contributed by atoms with E-state index in [1.807, 2.05) is 61.5 Å². The van der Waals surface area contributed by atoms with Crippen LogP contribution in [0.15, 0.2) is 54.6 Å². The number of tetrazole rings is 1. The molecule has 0 radical (unpaired) electrons. The fourth-order valence-electron chi connectivity index (χ4n) is 3.66. The van der Waals surface area contributed by atoms with Crippen molar-refractivity contribution in [1.29, 1.82) is 0 Å². The Labute approximate surface area is 194 Å². The summed E-state index contributed by atoms with van der Waals surface area (Å²) in [6, 6.07) is 17.2. The predicted octanol–water partition coefficient (Wildman–Crippen LogP) is 2.69. The van der Waals surface area contributed by atoms with E-state index in [-0.39, 0.29) is 47.8 Å². The van der Waals surface area contributed by atoms with Gasteiger partial charge in [0.15, 0.2) is 5.82 Å². The molecule has 0 unspecified atom stereocenters. The van der Waals surface area contributed by atoms with E-state index in [0.29, 0.717) is 22.9 Å². The number of aryl methyl sites for hydroxylation is 1. The summed E-state index contributed by atoms with van der Waals surface area (Å²) in [6.45, 7) is 1.92. The Morgan fingerprint density at radius 1 is 1.00 bits per heavy atom. The van der Waals surface area contributed by atoms with Crippen molar-refractivity contribution in [3.05, 3.63) is 60.2 Å². The number of aromatic amines is 1. The van der Waals surface area contributed by atoms with Gasteiger partial charge >= 0.3 is 29.6 Å². The molecule has 0 saturated heterocycles. The molecule has 0 aliphatic carbocycles. The number of carbonyl (C=O) groups excluding carboxylic acids is 2. The number of amides is 2. The van der Waals surface area contributed by atoms with Crippen LogP contribution in [0.2, 0.25) is 0 Å². The van der Waals surface area contributed by atoms with E-state index in [0.717, 1.165) is 21.9 Å². The molecule has 5 rings (SSSR count). The number of nitrogens with zero attached hydrogens (tertiary/aromatic N) is 4. The van der Waals surface area contributed by atoms with Crippen molar-refractivity contribution < 1.29 is 9.59 Å². The Hall–Kier alpha value is -3.07. The van der Waals surface area contributed by atoms with Crippen LogP contribution in [-0.2, 0) is 9.59 Å². The van der Waals surface area contributed by atoms with Crippen LogP contribution in [0, 0.1) is 6.92 Å². The standard InChI is InChI=1S/C21H16N6O2.Na.H/c1-12-6-7-14(21-23-25-26-24-21)10-17(12)27-16-9-8-13-4-2-3-5-15(13)20(16)22-18(28)11-19(27)29;;/h2-10H,11H2,1H3,(H,22,28)(H,23,24,25,26);;. The average Bonchev–Trinajstić information content (AvgIpc) is 3.21. The van der Waals surface area contributed by atoms with Crippen molar-refractivity contribution in [1.82, 2.24) is 20.6 Å². The molecule has 8 nitrogen and oxygen atoms in total. The molecule has 9 heteroatoms. The average molecular weight is 408 g/mol. The van der Waals surface area contributed by atoms with Crippen molar-refractivity contribution in [2.75, 3.05) is 10.2 Å². The minimum absolute atomic E-state index is 0. The summed E-state index contributed by atoms with van der Waals surface area (Å²) in [7, 11) is 0. The van der Waals surface area contributed by atoms with Gasteiger partial charge in [-0.05, 0) is 40.4 Å². The number of benzene rings is 3. The van der Waals surface area contributed by atoms with Crippen LogP contribution < -0.4 is 10.2 Å². The topological polar surface area (TPSA) is 104 Å². The molecule has 0 fully saturated rings. The summed E-state index contributed by atoms with van der Waals surface area (Å²) in [6.07, 6.45) is -0.240. The van der Waals surface area contributed by atoms with E-state index in [9.17, 15) is 9.59 Å². The van der Waals surface area contributed by atoms with Crippen LogP contribution in [0.1, 0.15) is 12.0 Å². The van der Waals surface area contributed by atoms with Crippen molar-refractivity contribution in [2.24, 2.45) is 0 Å². The van der Waals surface area contributed by atoms with Gasteiger partial charge in [0.05, 0.1) is 17.1 Å². The SMILES string of the molecule is Cc1ccc(-c2nnn[nH]2)cc1N1C(=O)CC(=O)Nc2c1ccc1ccccc21.[NaH]. The van der Waals surface area contributed by atoms with Gasteiger partial charge in [0.25, 0.3) is 0 Å². The second-order valence-electron chi connectivity index (χ2n) is 6.89. The van der Waals surface area contributed by atoms with Crippen LogP contribution in [-0.4, -0.2) is 62.0 Å². The van der Waals surface area contributed by atoms with Gasteiger partial charge in [-0.3, -0.25) is 14.5 Å². The van der Waals surface area contributed by atoms with Crippen molar-refractivity contribution >= 4 is 69.2 Å². The molecule has 30 heavy (non-hydrogen) atoms. The number of aromatic nitrogens is 4. The summed E-state index contributed by atoms with van der Waals surface area (Å²) in [4.78, 5) is 27.1. The van der Waals surface area contributed by atoms with Gasteiger partial charge in [-0.25, -0.2) is 5.10 Å². The van der Waals surface area contributed by atoms with Crippen LogP contribution >= 0.6 is 0 Å². The second kappa shape index (κ2) is 7.98. The van der Waals surface area contributed by atoms with Crippen LogP contribution in [0.5, 0.6) is 0 Å². The van der Waals surface area contributed by atoms with Crippen molar-refractivity contribution in [3.8, 4) is 11.4 Å². The zero-order valence-electron chi connectivity index (χ0n) is 15.5. The van der Waals surface area contributed by atoms with E-state index in [4.69, 9.17) is 0 Å². The van der Waals surface area contributed by atoms with Crippen LogP contribution in [0.25, 0.3) is 22.2 Å². The molecule has 0 bridgehead atoms. The summed E-state index contributed by atoms with van der Waals surface area (Å²) in [5, 5.41) is 18.7. The third-order valence-electron chi connectivity index (χ3n) is 5.04. The van der Waals surface area contributed by atoms with E-state index < -0.39 is 0 Å². The fourth-order valence-corrected chi connectivity index (χ4v) is 3.66. The van der Waals surface area contributed by atoms with Gasteiger partial charge in [0.2, 0.25) is 11.8 Å². The molecule has 0 spiro atoms. The summed E-state index contributed by atoms with van der Waals surface area (Å²) in [5.41, 5.74) is 3.58. The van der Waals surface area contributed by atoms with Gasteiger partial charge < -0.3 is 5.32 Å². The number of fused-ring (bicyclic) bond motifs is 3. The first-order valence-electron chi connectivity index (χ1n) is 9.11. The molecule has 0 atom stereocenters. The maximum atomic E-state index is 13.1. The molecule has 2 N–H and O–H groups in total. The van der Waals surface area contributed by atoms with Crippen molar-refractivity contribution in [2.45, 2.75) is 13.3 Å². The predicted molar refractivity (Wildman–Crippen MR) is 116 cm³/mol.